The molecule has 3 aromatic rings. The second-order valence-electron chi connectivity index (χ2n) is 4.60. The van der Waals surface area contributed by atoms with E-state index in [1.807, 2.05) is 18.4 Å². The number of thiazole rings is 1. The van der Waals surface area contributed by atoms with Gasteiger partial charge in [-0.25, -0.2) is 4.98 Å². The third-order valence-corrected chi connectivity index (χ3v) is 5.11. The maximum Gasteiger partial charge on any atom is 0.320 e. The van der Waals surface area contributed by atoms with Crippen molar-refractivity contribution < 1.29 is 14.3 Å². The van der Waals surface area contributed by atoms with E-state index in [1.165, 1.54) is 20.3 Å². The molecule has 124 valence electrons. The highest BCUT2D eigenvalue weighted by molar-refractivity contribution is 8.00. The second kappa shape index (κ2) is 7.02. The van der Waals surface area contributed by atoms with Crippen molar-refractivity contribution in [1.82, 2.24) is 15.0 Å². The molecule has 0 unspecified atom stereocenters. The SMILES string of the molecule is COc1cc(C(=O)Nc2ccc3nc(SC)sc3c2)nc(OC)n1. The Morgan fingerprint density at radius 3 is 2.71 bits per heavy atom. The number of carbonyl (C=O) groups excluding carboxylic acids is 1. The number of methoxy groups -OCH3 is 2. The topological polar surface area (TPSA) is 86.2 Å². The number of nitrogens with zero attached hydrogens (tertiary/aromatic N) is 3. The molecule has 0 saturated carbocycles. The number of hydrogen-bond acceptors (Lipinski definition) is 8. The Labute approximate surface area is 146 Å². The van der Waals surface area contributed by atoms with Crippen molar-refractivity contribution >= 4 is 44.9 Å². The molecule has 0 radical (unpaired) electrons. The molecule has 0 aliphatic heterocycles. The summed E-state index contributed by atoms with van der Waals surface area (Å²) in [5, 5.41) is 2.81. The highest BCUT2D eigenvalue weighted by Gasteiger charge is 2.14. The number of anilines is 1. The standard InChI is InChI=1S/C15H14N4O3S2/c1-21-12-7-10(17-14(19-12)22-2)13(20)16-8-4-5-9-11(6-8)24-15(18-9)23-3/h4-7H,1-3H3,(H,16,20). The van der Waals surface area contributed by atoms with E-state index in [0.717, 1.165) is 14.6 Å². The number of thioether (sulfide) groups is 1. The zero-order valence-corrected chi connectivity index (χ0v) is 14.8. The number of amides is 1. The Bertz CT molecular complexity index is 875. The lowest BCUT2D eigenvalue weighted by molar-refractivity contribution is 0.102. The van der Waals surface area contributed by atoms with Crippen LogP contribution in [0.3, 0.4) is 0 Å². The molecule has 9 heteroatoms. The van der Waals surface area contributed by atoms with E-state index >= 15 is 0 Å². The molecule has 24 heavy (non-hydrogen) atoms. The Balaban J connectivity index is 1.86. The first-order chi connectivity index (χ1) is 11.6. The van der Waals surface area contributed by atoms with E-state index in [9.17, 15) is 4.79 Å². The third kappa shape index (κ3) is 3.41. The van der Waals surface area contributed by atoms with Crippen molar-refractivity contribution in [3.8, 4) is 11.9 Å². The third-order valence-electron chi connectivity index (χ3n) is 3.11. The lowest BCUT2D eigenvalue weighted by Crippen LogP contribution is -2.14. The van der Waals surface area contributed by atoms with Gasteiger partial charge in [-0.1, -0.05) is 11.8 Å². The molecule has 1 amide bonds. The van der Waals surface area contributed by atoms with Crippen LogP contribution >= 0.6 is 23.1 Å². The van der Waals surface area contributed by atoms with Gasteiger partial charge in [0.25, 0.3) is 5.91 Å². The summed E-state index contributed by atoms with van der Waals surface area (Å²) in [4.78, 5) is 24.9. The zero-order valence-electron chi connectivity index (χ0n) is 13.2. The number of ether oxygens (including phenoxy) is 2. The second-order valence-corrected chi connectivity index (χ2v) is 6.69. The maximum absolute atomic E-state index is 12.4. The van der Waals surface area contributed by atoms with Crippen LogP contribution in [0, 0.1) is 0 Å². The number of benzene rings is 1. The molecule has 2 aromatic heterocycles. The van der Waals surface area contributed by atoms with Gasteiger partial charge in [-0.3, -0.25) is 4.79 Å². The fourth-order valence-electron chi connectivity index (χ4n) is 1.98. The highest BCUT2D eigenvalue weighted by Crippen LogP contribution is 2.30. The summed E-state index contributed by atoms with van der Waals surface area (Å²) in [5.41, 5.74) is 1.74. The number of fused-ring (bicyclic) bond motifs is 1. The normalized spacial score (nSPS) is 10.6. The number of nitrogens with one attached hydrogen (secondary N) is 1. The Hall–Kier alpha value is -2.39. The van der Waals surface area contributed by atoms with E-state index in [4.69, 9.17) is 9.47 Å². The minimum Gasteiger partial charge on any atom is -0.481 e. The number of rotatable bonds is 5. The molecule has 0 aliphatic rings. The first-order valence-corrected chi connectivity index (χ1v) is 8.90. The number of hydrogen-bond donors (Lipinski definition) is 1. The Morgan fingerprint density at radius 2 is 2.00 bits per heavy atom. The summed E-state index contributed by atoms with van der Waals surface area (Å²) in [5.74, 6) is -0.113. The molecule has 0 saturated heterocycles. The molecular formula is C15H14N4O3S2. The number of aromatic nitrogens is 3. The van der Waals surface area contributed by atoms with Crippen molar-refractivity contribution in [3.05, 3.63) is 30.0 Å². The minimum atomic E-state index is -0.372. The van der Waals surface area contributed by atoms with Gasteiger partial charge in [0.1, 0.15) is 5.69 Å². The van der Waals surface area contributed by atoms with Crippen LogP contribution in [-0.4, -0.2) is 41.3 Å². The van der Waals surface area contributed by atoms with Gasteiger partial charge in [0.15, 0.2) is 4.34 Å². The van der Waals surface area contributed by atoms with Crippen LogP contribution in [0.4, 0.5) is 5.69 Å². The molecule has 3 rings (SSSR count). The largest absolute Gasteiger partial charge is 0.481 e. The van der Waals surface area contributed by atoms with Crippen molar-refractivity contribution in [1.29, 1.82) is 0 Å². The zero-order chi connectivity index (χ0) is 17.1. The quantitative estimate of drug-likeness (QED) is 0.698. The molecule has 2 heterocycles. The van der Waals surface area contributed by atoms with Gasteiger partial charge in [-0.05, 0) is 24.5 Å². The van der Waals surface area contributed by atoms with Crippen LogP contribution < -0.4 is 14.8 Å². The summed E-state index contributed by atoms with van der Waals surface area (Å²) < 4.78 is 12.0. The molecule has 0 fully saturated rings. The molecule has 7 nitrogen and oxygen atoms in total. The van der Waals surface area contributed by atoms with E-state index in [1.54, 1.807) is 29.2 Å². The smallest absolute Gasteiger partial charge is 0.320 e. The summed E-state index contributed by atoms with van der Waals surface area (Å²) in [6.07, 6.45) is 1.98. The van der Waals surface area contributed by atoms with E-state index < -0.39 is 0 Å². The van der Waals surface area contributed by atoms with Gasteiger partial charge in [-0.2, -0.15) is 9.97 Å². The minimum absolute atomic E-state index is 0.0713. The molecule has 0 spiro atoms. The Morgan fingerprint density at radius 1 is 1.17 bits per heavy atom. The predicted molar refractivity (Wildman–Crippen MR) is 94.5 cm³/mol. The summed E-state index contributed by atoms with van der Waals surface area (Å²) >= 11 is 3.18. The van der Waals surface area contributed by atoms with Crippen LogP contribution in [0.1, 0.15) is 10.5 Å². The first-order valence-electron chi connectivity index (χ1n) is 6.86. The van der Waals surface area contributed by atoms with Crippen LogP contribution in [0.2, 0.25) is 0 Å². The van der Waals surface area contributed by atoms with E-state index in [2.05, 4.69) is 20.3 Å². The van der Waals surface area contributed by atoms with Gasteiger partial charge in [0.05, 0.1) is 24.4 Å². The van der Waals surface area contributed by atoms with Crippen molar-refractivity contribution in [2.45, 2.75) is 4.34 Å². The van der Waals surface area contributed by atoms with E-state index in [-0.39, 0.29) is 23.5 Å². The van der Waals surface area contributed by atoms with Gasteiger partial charge < -0.3 is 14.8 Å². The lowest BCUT2D eigenvalue weighted by Gasteiger charge is -2.07. The average Bonchev–Trinajstić information content (AvgIpc) is 3.03. The number of carbonyl (C=O) groups is 1. The molecule has 1 aromatic carbocycles. The summed E-state index contributed by atoms with van der Waals surface area (Å²) in [7, 11) is 2.89. The average molecular weight is 362 g/mol. The first kappa shape index (κ1) is 16.5. The monoisotopic (exact) mass is 362 g/mol. The molecule has 1 N–H and O–H groups in total. The molecule has 0 atom stereocenters. The van der Waals surface area contributed by atoms with Crippen molar-refractivity contribution in [3.63, 3.8) is 0 Å². The fraction of sp³-hybridized carbons (Fsp3) is 0.200. The predicted octanol–water partition coefficient (Wildman–Crippen LogP) is 3.08. The van der Waals surface area contributed by atoms with Gasteiger partial charge >= 0.3 is 6.01 Å². The van der Waals surface area contributed by atoms with Crippen LogP contribution in [0.15, 0.2) is 28.6 Å². The van der Waals surface area contributed by atoms with Gasteiger partial charge in [-0.15, -0.1) is 11.3 Å². The van der Waals surface area contributed by atoms with Crippen molar-refractivity contribution in [2.24, 2.45) is 0 Å². The summed E-state index contributed by atoms with van der Waals surface area (Å²) in [6.45, 7) is 0. The van der Waals surface area contributed by atoms with Crippen LogP contribution in [-0.2, 0) is 0 Å². The molecule has 0 bridgehead atoms. The highest BCUT2D eigenvalue weighted by atomic mass is 32.2. The molecular weight excluding hydrogens is 348 g/mol. The maximum atomic E-state index is 12.4. The van der Waals surface area contributed by atoms with Crippen molar-refractivity contribution in [2.75, 3.05) is 25.8 Å². The Kier molecular flexibility index (Phi) is 4.81. The fourth-order valence-corrected chi connectivity index (χ4v) is 3.51. The van der Waals surface area contributed by atoms with Gasteiger partial charge in [0.2, 0.25) is 5.88 Å². The van der Waals surface area contributed by atoms with Crippen LogP contribution in [0.5, 0.6) is 11.9 Å². The van der Waals surface area contributed by atoms with E-state index in [0.29, 0.717) is 5.69 Å². The lowest BCUT2D eigenvalue weighted by atomic mass is 10.3. The van der Waals surface area contributed by atoms with Gasteiger partial charge in [0, 0.05) is 11.8 Å². The molecule has 0 aliphatic carbocycles. The van der Waals surface area contributed by atoms with Crippen LogP contribution in [0.25, 0.3) is 10.2 Å². The summed E-state index contributed by atoms with van der Waals surface area (Å²) in [6, 6.07) is 7.10.